The second kappa shape index (κ2) is 5.86. The molecule has 0 radical (unpaired) electrons. The van der Waals surface area contributed by atoms with Gasteiger partial charge < -0.3 is 15.1 Å². The average Bonchev–Trinajstić information content (AvgIpc) is 2.94. The first-order chi connectivity index (χ1) is 11.6. The number of amides is 2. The molecule has 4 heteroatoms. The van der Waals surface area contributed by atoms with E-state index in [9.17, 15) is 4.79 Å². The minimum atomic E-state index is 0.0103. The summed E-state index contributed by atoms with van der Waals surface area (Å²) in [4.78, 5) is 16.9. The van der Waals surface area contributed by atoms with Crippen molar-refractivity contribution < 1.29 is 4.79 Å². The molecule has 2 amide bonds. The van der Waals surface area contributed by atoms with E-state index in [4.69, 9.17) is 0 Å². The molecule has 2 aromatic carbocycles. The molecule has 2 heterocycles. The van der Waals surface area contributed by atoms with Crippen LogP contribution < -0.4 is 10.2 Å². The van der Waals surface area contributed by atoms with Crippen LogP contribution in [0.15, 0.2) is 42.5 Å². The minimum absolute atomic E-state index is 0.0103. The smallest absolute Gasteiger partial charge is 0.322 e. The molecule has 0 saturated carbocycles. The topological polar surface area (TPSA) is 35.6 Å². The number of nitrogens with zero attached hydrogens (tertiary/aromatic N) is 2. The maximum Gasteiger partial charge on any atom is 0.322 e. The Balaban J connectivity index is 1.39. The third-order valence-electron chi connectivity index (χ3n) is 5.23. The number of fused-ring (bicyclic) bond motifs is 1. The van der Waals surface area contributed by atoms with Crippen molar-refractivity contribution in [3.05, 3.63) is 59.2 Å². The number of likely N-dealkylation sites (tertiary alicyclic amines) is 1. The lowest BCUT2D eigenvalue weighted by atomic mass is 10.1. The van der Waals surface area contributed by atoms with Crippen LogP contribution in [-0.4, -0.2) is 36.6 Å². The first kappa shape index (κ1) is 15.1. The largest absolute Gasteiger partial charge is 0.364 e. The molecule has 4 nitrogen and oxygen atoms in total. The Hall–Kier alpha value is -2.49. The maximum absolute atomic E-state index is 12.5. The van der Waals surface area contributed by atoms with Crippen molar-refractivity contribution in [2.24, 2.45) is 0 Å². The summed E-state index contributed by atoms with van der Waals surface area (Å²) in [5.41, 5.74) is 5.92. The standard InChI is InChI=1S/C20H23N3O/c1-14-6-5-7-15(2)19(14)21-20(24)22-12-17(13-22)23-11-10-16-8-3-4-9-18(16)23/h3-9,17H,10-13H2,1-2H3,(H,21,24). The van der Waals surface area contributed by atoms with Gasteiger partial charge in [0.15, 0.2) is 0 Å². The number of carbonyl (C=O) groups is 1. The predicted octanol–water partition coefficient (Wildman–Crippen LogP) is 3.58. The molecule has 0 bridgehead atoms. The first-order valence-corrected chi connectivity index (χ1v) is 8.60. The van der Waals surface area contributed by atoms with E-state index in [-0.39, 0.29) is 6.03 Å². The fourth-order valence-electron chi connectivity index (χ4n) is 3.76. The molecule has 1 N–H and O–H groups in total. The third-order valence-corrected chi connectivity index (χ3v) is 5.23. The van der Waals surface area contributed by atoms with Gasteiger partial charge in [0, 0.05) is 31.0 Å². The zero-order valence-electron chi connectivity index (χ0n) is 14.2. The van der Waals surface area contributed by atoms with Gasteiger partial charge in [0.25, 0.3) is 0 Å². The lowest BCUT2D eigenvalue weighted by Gasteiger charge is -2.45. The Labute approximate surface area is 143 Å². The zero-order chi connectivity index (χ0) is 16.7. The predicted molar refractivity (Wildman–Crippen MR) is 97.8 cm³/mol. The van der Waals surface area contributed by atoms with E-state index in [0.717, 1.165) is 42.9 Å². The highest BCUT2D eigenvalue weighted by Gasteiger charge is 2.37. The van der Waals surface area contributed by atoms with Gasteiger partial charge in [0.2, 0.25) is 0 Å². The molecule has 1 saturated heterocycles. The summed E-state index contributed by atoms with van der Waals surface area (Å²) in [7, 11) is 0. The summed E-state index contributed by atoms with van der Waals surface area (Å²) >= 11 is 0. The Morgan fingerprint density at radius 1 is 1.04 bits per heavy atom. The van der Waals surface area contributed by atoms with E-state index < -0.39 is 0 Å². The van der Waals surface area contributed by atoms with E-state index in [1.807, 2.05) is 36.9 Å². The van der Waals surface area contributed by atoms with Crippen LogP contribution in [-0.2, 0) is 6.42 Å². The fourth-order valence-corrected chi connectivity index (χ4v) is 3.76. The van der Waals surface area contributed by atoms with Gasteiger partial charge >= 0.3 is 6.03 Å². The van der Waals surface area contributed by atoms with Gasteiger partial charge in [-0.3, -0.25) is 0 Å². The van der Waals surface area contributed by atoms with Crippen LogP contribution in [0.2, 0.25) is 0 Å². The van der Waals surface area contributed by atoms with Crippen molar-refractivity contribution in [1.82, 2.24) is 4.90 Å². The monoisotopic (exact) mass is 321 g/mol. The number of anilines is 2. The van der Waals surface area contributed by atoms with Gasteiger partial charge in [-0.25, -0.2) is 4.79 Å². The van der Waals surface area contributed by atoms with Crippen LogP contribution in [0, 0.1) is 13.8 Å². The number of nitrogens with one attached hydrogen (secondary N) is 1. The fraction of sp³-hybridized carbons (Fsp3) is 0.350. The lowest BCUT2D eigenvalue weighted by Crippen LogP contribution is -2.61. The number of carbonyl (C=O) groups excluding carboxylic acids is 1. The Kier molecular flexibility index (Phi) is 3.68. The van der Waals surface area contributed by atoms with Gasteiger partial charge in [-0.2, -0.15) is 0 Å². The Morgan fingerprint density at radius 2 is 1.75 bits per heavy atom. The molecule has 2 aromatic rings. The van der Waals surface area contributed by atoms with Gasteiger partial charge in [-0.05, 0) is 43.0 Å². The van der Waals surface area contributed by atoms with Gasteiger partial charge in [-0.1, -0.05) is 36.4 Å². The van der Waals surface area contributed by atoms with Crippen LogP contribution in [0.5, 0.6) is 0 Å². The second-order valence-electron chi connectivity index (χ2n) is 6.83. The second-order valence-corrected chi connectivity index (χ2v) is 6.83. The van der Waals surface area contributed by atoms with E-state index in [0.29, 0.717) is 6.04 Å². The molecule has 0 aliphatic carbocycles. The van der Waals surface area contributed by atoms with E-state index in [1.165, 1.54) is 11.3 Å². The highest BCUT2D eigenvalue weighted by Crippen LogP contribution is 2.32. The maximum atomic E-state index is 12.5. The van der Waals surface area contributed by atoms with E-state index >= 15 is 0 Å². The molecule has 124 valence electrons. The molecule has 0 spiro atoms. The van der Waals surface area contributed by atoms with Crippen molar-refractivity contribution in [2.75, 3.05) is 29.9 Å². The number of hydrogen-bond donors (Lipinski definition) is 1. The highest BCUT2D eigenvalue weighted by molar-refractivity contribution is 5.91. The van der Waals surface area contributed by atoms with E-state index in [1.54, 1.807) is 0 Å². The van der Waals surface area contributed by atoms with Gasteiger partial charge in [-0.15, -0.1) is 0 Å². The minimum Gasteiger partial charge on any atom is -0.364 e. The number of benzene rings is 2. The SMILES string of the molecule is Cc1cccc(C)c1NC(=O)N1CC(N2CCc3ccccc32)C1. The van der Waals surface area contributed by atoms with Crippen LogP contribution in [0.1, 0.15) is 16.7 Å². The summed E-state index contributed by atoms with van der Waals surface area (Å²) in [5.74, 6) is 0. The van der Waals surface area contributed by atoms with Crippen molar-refractivity contribution in [1.29, 1.82) is 0 Å². The quantitative estimate of drug-likeness (QED) is 0.917. The van der Waals surface area contributed by atoms with Crippen molar-refractivity contribution in [2.45, 2.75) is 26.3 Å². The van der Waals surface area contributed by atoms with Gasteiger partial charge in [0.05, 0.1) is 6.04 Å². The molecule has 2 aliphatic heterocycles. The molecule has 24 heavy (non-hydrogen) atoms. The number of hydrogen-bond acceptors (Lipinski definition) is 2. The Bertz CT molecular complexity index is 760. The van der Waals surface area contributed by atoms with Crippen LogP contribution >= 0.6 is 0 Å². The molecule has 4 rings (SSSR count). The van der Waals surface area contributed by atoms with E-state index in [2.05, 4.69) is 34.5 Å². The number of aryl methyl sites for hydroxylation is 2. The average molecular weight is 321 g/mol. The molecule has 1 fully saturated rings. The zero-order valence-corrected chi connectivity index (χ0v) is 14.2. The van der Waals surface area contributed by atoms with Gasteiger partial charge in [0.1, 0.15) is 0 Å². The third kappa shape index (κ3) is 2.52. The van der Waals surface area contributed by atoms with Crippen molar-refractivity contribution in [3.63, 3.8) is 0 Å². The number of para-hydroxylation sites is 2. The summed E-state index contributed by atoms with van der Waals surface area (Å²) in [6.07, 6.45) is 1.11. The van der Waals surface area contributed by atoms with Crippen LogP contribution in [0.25, 0.3) is 0 Å². The lowest BCUT2D eigenvalue weighted by molar-refractivity contribution is 0.162. The molecular formula is C20H23N3O. The molecule has 0 atom stereocenters. The van der Waals surface area contributed by atoms with Crippen LogP contribution in [0.3, 0.4) is 0 Å². The summed E-state index contributed by atoms with van der Waals surface area (Å²) in [5, 5.41) is 3.08. The van der Waals surface area contributed by atoms with Crippen LogP contribution in [0.4, 0.5) is 16.2 Å². The number of urea groups is 1. The molecule has 0 aromatic heterocycles. The summed E-state index contributed by atoms with van der Waals surface area (Å²) < 4.78 is 0. The number of rotatable bonds is 2. The molecular weight excluding hydrogens is 298 g/mol. The van der Waals surface area contributed by atoms with Crippen molar-refractivity contribution >= 4 is 17.4 Å². The Morgan fingerprint density at radius 3 is 2.50 bits per heavy atom. The first-order valence-electron chi connectivity index (χ1n) is 8.60. The summed E-state index contributed by atoms with van der Waals surface area (Å²) in [6.45, 7) is 6.72. The molecule has 2 aliphatic rings. The normalized spacial score (nSPS) is 16.8. The summed E-state index contributed by atoms with van der Waals surface area (Å²) in [6, 6.07) is 15.1. The van der Waals surface area contributed by atoms with Crippen molar-refractivity contribution in [3.8, 4) is 0 Å². The molecule has 0 unspecified atom stereocenters. The highest BCUT2D eigenvalue weighted by atomic mass is 16.2.